The number of fused-ring (bicyclic) bond motifs is 1. The maximum absolute atomic E-state index is 11.2. The minimum Gasteiger partial charge on any atom is -0.366 e. The summed E-state index contributed by atoms with van der Waals surface area (Å²) < 4.78 is 0. The molecule has 1 aliphatic rings. The van der Waals surface area contributed by atoms with Gasteiger partial charge in [-0.1, -0.05) is 43.3 Å². The van der Waals surface area contributed by atoms with E-state index < -0.39 is 0 Å². The first kappa shape index (κ1) is 12.9. The molecule has 2 atom stereocenters. The largest absolute Gasteiger partial charge is 0.366 e. The molecular formula is C17H18N2O. The second-order valence-corrected chi connectivity index (χ2v) is 5.34. The molecule has 3 nitrogen and oxygen atoms in total. The molecule has 20 heavy (non-hydrogen) atoms. The van der Waals surface area contributed by atoms with E-state index in [1.165, 1.54) is 16.7 Å². The van der Waals surface area contributed by atoms with Gasteiger partial charge in [-0.25, -0.2) is 0 Å². The summed E-state index contributed by atoms with van der Waals surface area (Å²) in [6.45, 7) is 3.02. The zero-order chi connectivity index (χ0) is 14.1. The molecule has 0 aromatic heterocycles. The van der Waals surface area contributed by atoms with Crippen molar-refractivity contribution >= 4 is 5.91 Å². The molecule has 0 fully saturated rings. The van der Waals surface area contributed by atoms with Gasteiger partial charge in [0.1, 0.15) is 0 Å². The summed E-state index contributed by atoms with van der Waals surface area (Å²) in [5.74, 6) is 0.0178. The normalized spacial score (nSPS) is 18.6. The Labute approximate surface area is 118 Å². The van der Waals surface area contributed by atoms with Crippen LogP contribution in [0.4, 0.5) is 0 Å². The summed E-state index contributed by atoms with van der Waals surface area (Å²) in [5.41, 5.74) is 9.68. The molecule has 0 aliphatic carbocycles. The Kier molecular flexibility index (Phi) is 3.28. The van der Waals surface area contributed by atoms with Gasteiger partial charge in [0.2, 0.25) is 5.91 Å². The fourth-order valence-corrected chi connectivity index (χ4v) is 2.94. The number of hydrogen-bond acceptors (Lipinski definition) is 2. The molecule has 1 heterocycles. The van der Waals surface area contributed by atoms with Gasteiger partial charge in [0, 0.05) is 24.1 Å². The van der Waals surface area contributed by atoms with Gasteiger partial charge in [-0.05, 0) is 28.8 Å². The van der Waals surface area contributed by atoms with Gasteiger partial charge in [0.15, 0.2) is 0 Å². The molecule has 0 saturated heterocycles. The van der Waals surface area contributed by atoms with Gasteiger partial charge in [0.25, 0.3) is 0 Å². The van der Waals surface area contributed by atoms with Crippen molar-refractivity contribution in [2.24, 2.45) is 5.73 Å². The minimum absolute atomic E-state index is 0.286. The van der Waals surface area contributed by atoms with Crippen LogP contribution in [0, 0.1) is 0 Å². The van der Waals surface area contributed by atoms with Crippen molar-refractivity contribution in [2.45, 2.75) is 25.4 Å². The van der Waals surface area contributed by atoms with E-state index in [0.717, 1.165) is 6.54 Å². The molecule has 3 rings (SSSR count). The van der Waals surface area contributed by atoms with Crippen LogP contribution in [0.25, 0.3) is 0 Å². The summed E-state index contributed by atoms with van der Waals surface area (Å²) in [5, 5.41) is 3.53. The van der Waals surface area contributed by atoms with Crippen LogP contribution in [-0.4, -0.2) is 5.91 Å². The first-order valence-electron chi connectivity index (χ1n) is 6.88. The Hall–Kier alpha value is -2.13. The van der Waals surface area contributed by atoms with Crippen molar-refractivity contribution in [1.82, 2.24) is 5.32 Å². The van der Waals surface area contributed by atoms with Gasteiger partial charge in [-0.15, -0.1) is 0 Å². The number of hydrogen-bond donors (Lipinski definition) is 2. The second-order valence-electron chi connectivity index (χ2n) is 5.34. The lowest BCUT2D eigenvalue weighted by Gasteiger charge is -2.21. The SMILES string of the molecule is C[C@@H](c1ccccc1)C1NCc2cc(C(N)=O)ccc21. The third kappa shape index (κ3) is 2.21. The molecule has 1 aliphatic heterocycles. The van der Waals surface area contributed by atoms with Crippen LogP contribution in [0.2, 0.25) is 0 Å². The molecule has 0 saturated carbocycles. The molecule has 102 valence electrons. The highest BCUT2D eigenvalue weighted by Gasteiger charge is 2.27. The van der Waals surface area contributed by atoms with Gasteiger partial charge in [0.05, 0.1) is 0 Å². The third-order valence-corrected chi connectivity index (χ3v) is 4.10. The highest BCUT2D eigenvalue weighted by atomic mass is 16.1. The average molecular weight is 266 g/mol. The van der Waals surface area contributed by atoms with E-state index in [0.29, 0.717) is 11.5 Å². The van der Waals surface area contributed by atoms with E-state index in [4.69, 9.17) is 5.73 Å². The number of nitrogens with one attached hydrogen (secondary N) is 1. The third-order valence-electron chi connectivity index (χ3n) is 4.10. The van der Waals surface area contributed by atoms with Gasteiger partial charge in [-0.2, -0.15) is 0 Å². The smallest absolute Gasteiger partial charge is 0.248 e. The van der Waals surface area contributed by atoms with E-state index in [1.807, 2.05) is 24.3 Å². The molecule has 0 spiro atoms. The van der Waals surface area contributed by atoms with Crippen LogP contribution in [-0.2, 0) is 6.54 Å². The number of carbonyl (C=O) groups excluding carboxylic acids is 1. The Morgan fingerprint density at radius 2 is 2.00 bits per heavy atom. The zero-order valence-electron chi connectivity index (χ0n) is 11.5. The second kappa shape index (κ2) is 5.10. The minimum atomic E-state index is -0.368. The lowest BCUT2D eigenvalue weighted by Crippen LogP contribution is -2.18. The lowest BCUT2D eigenvalue weighted by atomic mass is 9.88. The number of primary amides is 1. The van der Waals surface area contributed by atoms with Gasteiger partial charge >= 0.3 is 0 Å². The Bertz CT molecular complexity index is 637. The van der Waals surface area contributed by atoms with Crippen LogP contribution in [0.1, 0.15) is 45.9 Å². The maximum atomic E-state index is 11.2. The van der Waals surface area contributed by atoms with Crippen molar-refractivity contribution in [3.63, 3.8) is 0 Å². The summed E-state index contributed by atoms with van der Waals surface area (Å²) in [7, 11) is 0. The fourth-order valence-electron chi connectivity index (χ4n) is 2.94. The molecular weight excluding hydrogens is 248 g/mol. The quantitative estimate of drug-likeness (QED) is 0.897. The lowest BCUT2D eigenvalue weighted by molar-refractivity contribution is 0.1000. The van der Waals surface area contributed by atoms with E-state index in [1.54, 1.807) is 0 Å². The summed E-state index contributed by atoms with van der Waals surface area (Å²) in [4.78, 5) is 11.2. The highest BCUT2D eigenvalue weighted by molar-refractivity contribution is 5.93. The first-order valence-corrected chi connectivity index (χ1v) is 6.88. The van der Waals surface area contributed by atoms with E-state index in [9.17, 15) is 4.79 Å². The Balaban J connectivity index is 1.91. The van der Waals surface area contributed by atoms with E-state index in [-0.39, 0.29) is 11.9 Å². The van der Waals surface area contributed by atoms with Crippen molar-refractivity contribution in [1.29, 1.82) is 0 Å². The number of benzene rings is 2. The molecule has 3 N–H and O–H groups in total. The maximum Gasteiger partial charge on any atom is 0.248 e. The first-order chi connectivity index (χ1) is 9.66. The van der Waals surface area contributed by atoms with Crippen molar-refractivity contribution in [3.05, 3.63) is 70.8 Å². The number of rotatable bonds is 3. The topological polar surface area (TPSA) is 55.1 Å². The Morgan fingerprint density at radius 1 is 1.25 bits per heavy atom. The Morgan fingerprint density at radius 3 is 2.70 bits per heavy atom. The predicted octanol–water partition coefficient (Wildman–Crippen LogP) is 2.73. The average Bonchev–Trinajstić information content (AvgIpc) is 2.90. The van der Waals surface area contributed by atoms with Gasteiger partial charge in [-0.3, -0.25) is 4.79 Å². The summed E-state index contributed by atoms with van der Waals surface area (Å²) in [6.07, 6.45) is 0. The van der Waals surface area contributed by atoms with E-state index in [2.05, 4.69) is 36.5 Å². The predicted molar refractivity (Wildman–Crippen MR) is 79.4 cm³/mol. The molecule has 0 bridgehead atoms. The van der Waals surface area contributed by atoms with Crippen LogP contribution >= 0.6 is 0 Å². The highest BCUT2D eigenvalue weighted by Crippen LogP contribution is 2.36. The van der Waals surface area contributed by atoms with Crippen LogP contribution in [0.5, 0.6) is 0 Å². The molecule has 0 radical (unpaired) electrons. The zero-order valence-corrected chi connectivity index (χ0v) is 11.5. The van der Waals surface area contributed by atoms with Crippen molar-refractivity contribution in [3.8, 4) is 0 Å². The number of amides is 1. The van der Waals surface area contributed by atoms with Gasteiger partial charge < -0.3 is 11.1 Å². The van der Waals surface area contributed by atoms with E-state index >= 15 is 0 Å². The monoisotopic (exact) mass is 266 g/mol. The van der Waals surface area contributed by atoms with Crippen molar-refractivity contribution < 1.29 is 4.79 Å². The molecule has 2 aromatic carbocycles. The summed E-state index contributed by atoms with van der Waals surface area (Å²) in [6, 6.07) is 16.5. The molecule has 1 amide bonds. The number of nitrogens with two attached hydrogens (primary N) is 1. The van der Waals surface area contributed by atoms with Crippen molar-refractivity contribution in [2.75, 3.05) is 0 Å². The fraction of sp³-hybridized carbons (Fsp3) is 0.235. The van der Waals surface area contributed by atoms with Crippen LogP contribution in [0.3, 0.4) is 0 Å². The standard InChI is InChI=1S/C17H18N2O/c1-11(12-5-3-2-4-6-12)16-15-8-7-13(17(18)20)9-14(15)10-19-16/h2-9,11,16,19H,10H2,1H3,(H2,18,20)/t11-,16?/m0/s1. The van der Waals surface area contributed by atoms with Crippen LogP contribution in [0.15, 0.2) is 48.5 Å². The van der Waals surface area contributed by atoms with Crippen LogP contribution < -0.4 is 11.1 Å². The molecule has 1 unspecified atom stereocenters. The molecule has 2 aromatic rings. The number of carbonyl (C=O) groups is 1. The molecule has 3 heteroatoms. The summed E-state index contributed by atoms with van der Waals surface area (Å²) >= 11 is 0.